The fraction of sp³-hybridized carbons (Fsp3) is 0.462. The maximum absolute atomic E-state index is 12.0. The summed E-state index contributed by atoms with van der Waals surface area (Å²) in [5.41, 5.74) is 2.11. The summed E-state index contributed by atoms with van der Waals surface area (Å²) in [5, 5.41) is 15.3. The fourth-order valence-electron chi connectivity index (χ4n) is 2.35. The molecule has 3 N–H and O–H groups in total. The van der Waals surface area contributed by atoms with Gasteiger partial charge in [0, 0.05) is 17.8 Å². The number of carbonyl (C=O) groups excluding carboxylic acids is 1. The zero-order valence-corrected chi connectivity index (χ0v) is 11.4. The van der Waals surface area contributed by atoms with Crippen LogP contribution in [0.5, 0.6) is 0 Å². The molecule has 108 valence electrons. The Hall–Kier alpha value is -1.34. The van der Waals surface area contributed by atoms with Gasteiger partial charge in [-0.1, -0.05) is 0 Å². The van der Waals surface area contributed by atoms with Crippen molar-refractivity contribution in [3.05, 3.63) is 23.8 Å². The molecule has 0 saturated carbocycles. The molecule has 0 radical (unpaired) electrons. The summed E-state index contributed by atoms with van der Waals surface area (Å²) in [6, 6.07) is 5.38. The number of alkyl halides is 1. The lowest BCUT2D eigenvalue weighted by atomic mass is 10.1. The monoisotopic (exact) mass is 298 g/mol. The number of rotatable bonds is 4. The first-order valence-corrected chi connectivity index (χ1v) is 6.91. The van der Waals surface area contributed by atoms with E-state index in [4.69, 9.17) is 21.1 Å². The number of anilines is 2. The van der Waals surface area contributed by atoms with Crippen molar-refractivity contribution in [2.24, 2.45) is 0 Å². The Morgan fingerprint density at radius 3 is 2.90 bits per heavy atom. The second-order valence-corrected chi connectivity index (χ2v) is 5.03. The molecule has 0 bridgehead atoms. The van der Waals surface area contributed by atoms with E-state index in [1.807, 2.05) is 6.07 Å². The molecule has 3 rings (SSSR count). The Bertz CT molecular complexity index is 531. The van der Waals surface area contributed by atoms with Crippen LogP contribution in [0.4, 0.5) is 11.4 Å². The van der Waals surface area contributed by atoms with E-state index in [1.54, 1.807) is 12.1 Å². The van der Waals surface area contributed by atoms with Gasteiger partial charge in [0.1, 0.15) is 0 Å². The van der Waals surface area contributed by atoms with Crippen LogP contribution in [0.3, 0.4) is 0 Å². The van der Waals surface area contributed by atoms with Gasteiger partial charge in [-0.3, -0.25) is 4.79 Å². The molecule has 1 saturated heterocycles. The van der Waals surface area contributed by atoms with Crippen LogP contribution in [0.1, 0.15) is 5.56 Å². The van der Waals surface area contributed by atoms with E-state index in [1.165, 1.54) is 0 Å². The number of hydrogen-bond acceptors (Lipinski definition) is 5. The Balaban J connectivity index is 1.85. The summed E-state index contributed by atoms with van der Waals surface area (Å²) in [5.74, 6) is -1.46. The van der Waals surface area contributed by atoms with Crippen molar-refractivity contribution in [3.8, 4) is 0 Å². The predicted molar refractivity (Wildman–Crippen MR) is 73.9 cm³/mol. The molecule has 20 heavy (non-hydrogen) atoms. The Kier molecular flexibility index (Phi) is 3.55. The quantitative estimate of drug-likeness (QED) is 0.718. The number of fused-ring (bicyclic) bond motifs is 2. The molecular formula is C13H15ClN2O4. The van der Waals surface area contributed by atoms with Crippen LogP contribution in [0, 0.1) is 0 Å². The van der Waals surface area contributed by atoms with E-state index in [2.05, 4.69) is 10.6 Å². The van der Waals surface area contributed by atoms with E-state index in [-0.39, 0.29) is 11.8 Å². The Morgan fingerprint density at radius 1 is 1.45 bits per heavy atom. The Labute approximate surface area is 121 Å². The maximum Gasteiger partial charge on any atom is 0.289 e. The average molecular weight is 299 g/mol. The van der Waals surface area contributed by atoms with Crippen LogP contribution in [0.25, 0.3) is 0 Å². The zero-order valence-electron chi connectivity index (χ0n) is 10.7. The van der Waals surface area contributed by atoms with Crippen LogP contribution in [-0.4, -0.2) is 42.8 Å². The second kappa shape index (κ2) is 5.21. The summed E-state index contributed by atoms with van der Waals surface area (Å²) >= 11 is 5.54. The number of benzene rings is 1. The number of aliphatic hydroxyl groups excluding tert-OH is 1. The van der Waals surface area contributed by atoms with Gasteiger partial charge in [-0.05, 0) is 18.2 Å². The number of halogens is 1. The van der Waals surface area contributed by atoms with Gasteiger partial charge in [-0.15, -0.1) is 11.6 Å². The molecule has 7 heteroatoms. The minimum Gasteiger partial charge on any atom is -0.390 e. The molecule has 2 heterocycles. The summed E-state index contributed by atoms with van der Waals surface area (Å²) < 4.78 is 11.0. The summed E-state index contributed by atoms with van der Waals surface area (Å²) in [4.78, 5) is 12.0. The number of hydrogen-bond donors (Lipinski definition) is 3. The van der Waals surface area contributed by atoms with Gasteiger partial charge >= 0.3 is 0 Å². The third-order valence-electron chi connectivity index (χ3n) is 3.34. The number of ether oxygens (including phenoxy) is 2. The van der Waals surface area contributed by atoms with E-state index >= 15 is 0 Å². The lowest BCUT2D eigenvalue weighted by molar-refractivity contribution is -0.178. The molecule has 1 aromatic carbocycles. The molecule has 2 aliphatic heterocycles. The molecule has 0 aromatic heterocycles. The van der Waals surface area contributed by atoms with Crippen LogP contribution >= 0.6 is 11.6 Å². The normalized spacial score (nSPS) is 20.8. The van der Waals surface area contributed by atoms with Crippen molar-refractivity contribution in [1.29, 1.82) is 0 Å². The molecule has 6 nitrogen and oxygen atoms in total. The van der Waals surface area contributed by atoms with Gasteiger partial charge in [0.05, 0.1) is 30.9 Å². The first-order valence-electron chi connectivity index (χ1n) is 6.37. The number of aliphatic hydroxyl groups is 1. The molecule has 1 amide bonds. The Morgan fingerprint density at radius 2 is 2.20 bits per heavy atom. The smallest absolute Gasteiger partial charge is 0.289 e. The molecule has 0 aliphatic carbocycles. The number of nitrogens with one attached hydrogen (secondary N) is 2. The number of amides is 1. The summed E-state index contributed by atoms with van der Waals surface area (Å²) in [6.07, 6.45) is -0.627. The van der Waals surface area contributed by atoms with Crippen molar-refractivity contribution in [3.63, 3.8) is 0 Å². The average Bonchev–Trinajstić information content (AvgIpc) is 3.05. The highest BCUT2D eigenvalue weighted by molar-refractivity contribution is 6.18. The van der Waals surface area contributed by atoms with Gasteiger partial charge in [0.2, 0.25) is 0 Å². The van der Waals surface area contributed by atoms with Crippen molar-refractivity contribution < 1.29 is 19.4 Å². The molecule has 1 fully saturated rings. The van der Waals surface area contributed by atoms with E-state index in [9.17, 15) is 9.90 Å². The topological polar surface area (TPSA) is 79.8 Å². The predicted octanol–water partition coefficient (Wildman–Crippen LogP) is 0.850. The third kappa shape index (κ3) is 2.14. The minimum atomic E-state index is -1.32. The van der Waals surface area contributed by atoms with Gasteiger partial charge in [-0.25, -0.2) is 0 Å². The van der Waals surface area contributed by atoms with Gasteiger partial charge in [0.15, 0.2) is 0 Å². The maximum atomic E-state index is 12.0. The molecular weight excluding hydrogens is 284 g/mol. The first kappa shape index (κ1) is 13.6. The van der Waals surface area contributed by atoms with Crippen LogP contribution in [-0.2, 0) is 20.1 Å². The highest BCUT2D eigenvalue weighted by Gasteiger charge is 2.52. The minimum absolute atomic E-state index is 0.161. The SMILES string of the molecule is O=C1Nc2ccc(NCC(O)CCl)cc2C12OCCO2. The summed E-state index contributed by atoms with van der Waals surface area (Å²) in [7, 11) is 0. The summed E-state index contributed by atoms with van der Waals surface area (Å²) in [6.45, 7) is 1.10. The standard InChI is InChI=1S/C13H15ClN2O4/c14-6-9(17)7-15-8-1-2-11-10(5-8)13(12(18)16-11)19-3-4-20-13/h1-2,5,9,15,17H,3-4,6-7H2,(H,16,18). The van der Waals surface area contributed by atoms with Crippen molar-refractivity contribution >= 4 is 28.9 Å². The van der Waals surface area contributed by atoms with Crippen LogP contribution < -0.4 is 10.6 Å². The van der Waals surface area contributed by atoms with Gasteiger partial charge < -0.3 is 25.2 Å². The molecule has 2 aliphatic rings. The second-order valence-electron chi connectivity index (χ2n) is 4.72. The molecule has 1 atom stereocenters. The lowest BCUT2D eigenvalue weighted by Gasteiger charge is -2.20. The van der Waals surface area contributed by atoms with Crippen molar-refractivity contribution in [2.45, 2.75) is 11.9 Å². The van der Waals surface area contributed by atoms with Crippen LogP contribution in [0.2, 0.25) is 0 Å². The largest absolute Gasteiger partial charge is 0.390 e. The highest BCUT2D eigenvalue weighted by atomic mass is 35.5. The van der Waals surface area contributed by atoms with Crippen LogP contribution in [0.15, 0.2) is 18.2 Å². The van der Waals surface area contributed by atoms with E-state index in [0.717, 1.165) is 5.69 Å². The molecule has 1 spiro atoms. The highest BCUT2D eigenvalue weighted by Crippen LogP contribution is 2.43. The lowest BCUT2D eigenvalue weighted by Crippen LogP contribution is -2.35. The van der Waals surface area contributed by atoms with Gasteiger partial charge in [0.25, 0.3) is 11.7 Å². The number of carbonyl (C=O) groups is 1. The van der Waals surface area contributed by atoms with Crippen molar-refractivity contribution in [1.82, 2.24) is 0 Å². The fourth-order valence-corrected chi connectivity index (χ4v) is 2.46. The van der Waals surface area contributed by atoms with E-state index < -0.39 is 11.9 Å². The molecule has 1 unspecified atom stereocenters. The molecule has 1 aromatic rings. The third-order valence-corrected chi connectivity index (χ3v) is 3.69. The zero-order chi connectivity index (χ0) is 14.2. The first-order chi connectivity index (χ1) is 9.65. The van der Waals surface area contributed by atoms with Crippen molar-refractivity contribution in [2.75, 3.05) is 36.3 Å². The van der Waals surface area contributed by atoms with E-state index in [0.29, 0.717) is 31.0 Å². The van der Waals surface area contributed by atoms with Gasteiger partial charge in [-0.2, -0.15) is 0 Å².